The van der Waals surface area contributed by atoms with Crippen LogP contribution in [0.1, 0.15) is 16.1 Å². The van der Waals surface area contributed by atoms with Gasteiger partial charge in [-0.25, -0.2) is 9.97 Å². The first-order valence-electron chi connectivity index (χ1n) is 8.86. The van der Waals surface area contributed by atoms with Gasteiger partial charge >= 0.3 is 0 Å². The first-order chi connectivity index (χ1) is 12.6. The number of rotatable bonds is 6. The summed E-state index contributed by atoms with van der Waals surface area (Å²) in [5.41, 5.74) is 1.27. The Morgan fingerprint density at radius 1 is 1.19 bits per heavy atom. The lowest BCUT2D eigenvalue weighted by Crippen LogP contribution is -2.45. The van der Waals surface area contributed by atoms with Gasteiger partial charge in [0.2, 0.25) is 5.95 Å². The van der Waals surface area contributed by atoms with Crippen molar-refractivity contribution in [3.05, 3.63) is 47.8 Å². The number of benzene rings is 1. The maximum Gasteiger partial charge on any atom is 0.254 e. The molecule has 2 heterocycles. The molecule has 0 bridgehead atoms. The molecule has 0 aliphatic carbocycles. The number of carbonyl (C=O) groups excluding carboxylic acids is 1. The second-order valence-corrected chi connectivity index (χ2v) is 7.55. The third-order valence-electron chi connectivity index (χ3n) is 4.40. The molecule has 0 unspecified atom stereocenters. The molecule has 3 rings (SSSR count). The summed E-state index contributed by atoms with van der Waals surface area (Å²) in [4.78, 5) is 27.0. The maximum atomic E-state index is 12.4. The number of hydrogen-bond donors (Lipinski definition) is 1. The number of likely N-dealkylation sites (N-methyl/N-ethyl adjacent to an activating group) is 1. The van der Waals surface area contributed by atoms with Gasteiger partial charge in [0.1, 0.15) is 0 Å². The largest absolute Gasteiger partial charge is 0.351 e. The molecule has 2 aromatic rings. The minimum atomic E-state index is -0.110. The molecular formula is C19H25N5OS. The van der Waals surface area contributed by atoms with E-state index in [0.29, 0.717) is 18.1 Å². The number of carbonyl (C=O) groups is 1. The predicted molar refractivity (Wildman–Crippen MR) is 106 cm³/mol. The summed E-state index contributed by atoms with van der Waals surface area (Å²) >= 11 is 1.73. The molecule has 1 amide bonds. The maximum absolute atomic E-state index is 12.4. The van der Waals surface area contributed by atoms with Crippen LogP contribution >= 0.6 is 11.8 Å². The number of thioether (sulfide) groups is 1. The molecule has 1 aliphatic heterocycles. The van der Waals surface area contributed by atoms with Gasteiger partial charge in [-0.15, -0.1) is 11.8 Å². The Hall–Kier alpha value is -2.12. The van der Waals surface area contributed by atoms with E-state index in [0.717, 1.165) is 37.6 Å². The first-order valence-corrected chi connectivity index (χ1v) is 9.85. The molecule has 1 aromatic carbocycles. The van der Waals surface area contributed by atoms with Crippen LogP contribution in [0.4, 0.5) is 5.95 Å². The molecule has 1 fully saturated rings. The van der Waals surface area contributed by atoms with E-state index in [1.165, 1.54) is 4.90 Å². The van der Waals surface area contributed by atoms with Crippen LogP contribution in [-0.2, 0) is 0 Å². The van der Waals surface area contributed by atoms with Gasteiger partial charge < -0.3 is 15.1 Å². The fourth-order valence-electron chi connectivity index (χ4n) is 2.78. The molecular weight excluding hydrogens is 346 g/mol. The van der Waals surface area contributed by atoms with Gasteiger partial charge in [-0.2, -0.15) is 0 Å². The van der Waals surface area contributed by atoms with Gasteiger partial charge in [0, 0.05) is 49.6 Å². The van der Waals surface area contributed by atoms with Crippen molar-refractivity contribution in [3.8, 4) is 0 Å². The third-order valence-corrected chi connectivity index (χ3v) is 5.41. The summed E-state index contributed by atoms with van der Waals surface area (Å²) < 4.78 is 0. The zero-order chi connectivity index (χ0) is 18.4. The van der Waals surface area contributed by atoms with Crippen LogP contribution in [0, 0.1) is 6.92 Å². The quantitative estimate of drug-likeness (QED) is 0.620. The summed E-state index contributed by atoms with van der Waals surface area (Å²) in [6.45, 7) is 6.32. The highest BCUT2D eigenvalue weighted by molar-refractivity contribution is 7.99. The predicted octanol–water partition coefficient (Wildman–Crippen LogP) is 2.06. The van der Waals surface area contributed by atoms with Crippen LogP contribution < -0.4 is 10.2 Å². The molecule has 1 aliphatic rings. The summed E-state index contributed by atoms with van der Waals surface area (Å²) in [5, 5.41) is 2.95. The molecule has 26 heavy (non-hydrogen) atoms. The van der Waals surface area contributed by atoms with Gasteiger partial charge in [-0.1, -0.05) is 18.2 Å². The zero-order valence-corrected chi connectivity index (χ0v) is 16.1. The molecule has 1 aromatic heterocycles. The number of aromatic nitrogens is 2. The van der Waals surface area contributed by atoms with Gasteiger partial charge in [-0.05, 0) is 26.1 Å². The lowest BCUT2D eigenvalue weighted by molar-refractivity contribution is 0.0954. The third kappa shape index (κ3) is 4.95. The second-order valence-electron chi connectivity index (χ2n) is 6.38. The van der Waals surface area contributed by atoms with Crippen molar-refractivity contribution in [1.29, 1.82) is 0 Å². The second kappa shape index (κ2) is 9.00. The van der Waals surface area contributed by atoms with Crippen LogP contribution in [-0.4, -0.2) is 66.3 Å². The van der Waals surface area contributed by atoms with E-state index in [1.54, 1.807) is 18.0 Å². The zero-order valence-electron chi connectivity index (χ0n) is 15.3. The van der Waals surface area contributed by atoms with Gasteiger partial charge in [0.25, 0.3) is 5.91 Å². The average molecular weight is 372 g/mol. The van der Waals surface area contributed by atoms with Gasteiger partial charge in [0.05, 0.1) is 11.3 Å². The Labute approximate surface area is 159 Å². The summed E-state index contributed by atoms with van der Waals surface area (Å²) in [6, 6.07) is 10.2. The standard InChI is InChI=1S/C19H25N5OS/c1-15-17(14-21-19(22-15)24-11-9-23(2)10-12-24)18(25)20-8-13-26-16-6-4-3-5-7-16/h3-7,14H,8-13H2,1-2H3,(H,20,25). The molecule has 0 radical (unpaired) electrons. The van der Waals surface area contributed by atoms with Crippen LogP contribution in [0.15, 0.2) is 41.4 Å². The normalized spacial score (nSPS) is 15.1. The average Bonchev–Trinajstić information content (AvgIpc) is 2.66. The number of hydrogen-bond acceptors (Lipinski definition) is 6. The van der Waals surface area contributed by atoms with Crippen LogP contribution in [0.25, 0.3) is 0 Å². The highest BCUT2D eigenvalue weighted by atomic mass is 32.2. The minimum absolute atomic E-state index is 0.110. The first kappa shape index (κ1) is 18.7. The highest BCUT2D eigenvalue weighted by Gasteiger charge is 2.18. The number of anilines is 1. The summed E-state index contributed by atoms with van der Waals surface area (Å²) in [7, 11) is 2.12. The van der Waals surface area contributed by atoms with E-state index < -0.39 is 0 Å². The van der Waals surface area contributed by atoms with Crippen molar-refractivity contribution in [2.45, 2.75) is 11.8 Å². The van der Waals surface area contributed by atoms with E-state index in [2.05, 4.69) is 44.3 Å². The minimum Gasteiger partial charge on any atom is -0.351 e. The number of nitrogens with zero attached hydrogens (tertiary/aromatic N) is 4. The Balaban J connectivity index is 1.51. The smallest absolute Gasteiger partial charge is 0.254 e. The van der Waals surface area contributed by atoms with E-state index >= 15 is 0 Å². The molecule has 1 saturated heterocycles. The Morgan fingerprint density at radius 2 is 1.92 bits per heavy atom. The number of aryl methyl sites for hydroxylation is 1. The number of piperazine rings is 1. The topological polar surface area (TPSA) is 61.4 Å². The van der Waals surface area contributed by atoms with E-state index in [4.69, 9.17) is 0 Å². The molecule has 1 N–H and O–H groups in total. The van der Waals surface area contributed by atoms with Crippen molar-refractivity contribution in [2.24, 2.45) is 0 Å². The number of nitrogens with one attached hydrogen (secondary N) is 1. The number of amides is 1. The lowest BCUT2D eigenvalue weighted by atomic mass is 10.2. The van der Waals surface area contributed by atoms with Crippen molar-refractivity contribution < 1.29 is 4.79 Å². The summed E-state index contributed by atoms with van der Waals surface area (Å²) in [5.74, 6) is 1.43. The fourth-order valence-corrected chi connectivity index (χ4v) is 3.57. The van der Waals surface area contributed by atoms with E-state index in [-0.39, 0.29) is 5.91 Å². The van der Waals surface area contributed by atoms with Crippen molar-refractivity contribution >= 4 is 23.6 Å². The van der Waals surface area contributed by atoms with Crippen molar-refractivity contribution in [1.82, 2.24) is 20.2 Å². The van der Waals surface area contributed by atoms with Crippen LogP contribution in [0.3, 0.4) is 0 Å². The van der Waals surface area contributed by atoms with Crippen LogP contribution in [0.5, 0.6) is 0 Å². The Bertz CT molecular complexity index is 732. The molecule has 0 atom stereocenters. The van der Waals surface area contributed by atoms with E-state index in [9.17, 15) is 4.79 Å². The van der Waals surface area contributed by atoms with Crippen molar-refractivity contribution in [2.75, 3.05) is 50.4 Å². The van der Waals surface area contributed by atoms with Gasteiger partial charge in [-0.3, -0.25) is 4.79 Å². The Kier molecular flexibility index (Phi) is 6.46. The highest BCUT2D eigenvalue weighted by Crippen LogP contribution is 2.16. The van der Waals surface area contributed by atoms with E-state index in [1.807, 2.05) is 25.1 Å². The van der Waals surface area contributed by atoms with Crippen LogP contribution in [0.2, 0.25) is 0 Å². The monoisotopic (exact) mass is 371 g/mol. The molecule has 6 nitrogen and oxygen atoms in total. The van der Waals surface area contributed by atoms with Gasteiger partial charge in [0.15, 0.2) is 0 Å². The molecule has 0 spiro atoms. The Morgan fingerprint density at radius 3 is 2.62 bits per heavy atom. The molecule has 0 saturated carbocycles. The van der Waals surface area contributed by atoms with Crippen molar-refractivity contribution in [3.63, 3.8) is 0 Å². The molecule has 138 valence electrons. The lowest BCUT2D eigenvalue weighted by Gasteiger charge is -2.32. The molecule has 7 heteroatoms. The summed E-state index contributed by atoms with van der Waals surface area (Å²) in [6.07, 6.45) is 1.65. The SMILES string of the molecule is Cc1nc(N2CCN(C)CC2)ncc1C(=O)NCCSc1ccccc1. The fraction of sp³-hybridized carbons (Fsp3) is 0.421.